The van der Waals surface area contributed by atoms with Gasteiger partial charge in [0, 0.05) is 6.54 Å². The van der Waals surface area contributed by atoms with E-state index in [9.17, 15) is 0 Å². The third-order valence-electron chi connectivity index (χ3n) is 2.82. The molecule has 0 aromatic heterocycles. The molecule has 0 fully saturated rings. The van der Waals surface area contributed by atoms with E-state index in [0.29, 0.717) is 0 Å². The molecule has 2 nitrogen and oxygen atoms in total. The van der Waals surface area contributed by atoms with Crippen molar-refractivity contribution in [1.29, 1.82) is 0 Å². The molecule has 0 heterocycles. The van der Waals surface area contributed by atoms with E-state index < -0.39 is 0 Å². The lowest BCUT2D eigenvalue weighted by Crippen LogP contribution is -2.04. The molecule has 0 amide bonds. The normalized spacial score (nSPS) is 10.4. The Hall–Kier alpha value is -1.32. The van der Waals surface area contributed by atoms with Crippen molar-refractivity contribution < 1.29 is 4.74 Å². The maximum Gasteiger partial charge on any atom is 0.133 e. The third-order valence-corrected chi connectivity index (χ3v) is 3.44. The van der Waals surface area contributed by atoms with Crippen molar-refractivity contribution in [2.75, 3.05) is 14.2 Å². The van der Waals surface area contributed by atoms with Crippen LogP contribution in [0.25, 0.3) is 11.1 Å². The fourth-order valence-corrected chi connectivity index (χ4v) is 2.41. The smallest absolute Gasteiger partial charge is 0.133 e. The zero-order valence-electron chi connectivity index (χ0n) is 10.5. The quantitative estimate of drug-likeness (QED) is 0.926. The van der Waals surface area contributed by atoms with Crippen molar-refractivity contribution in [3.8, 4) is 16.9 Å². The third kappa shape index (κ3) is 2.92. The topological polar surface area (TPSA) is 21.3 Å². The summed E-state index contributed by atoms with van der Waals surface area (Å²) in [5.74, 6) is 0.852. The molecule has 18 heavy (non-hydrogen) atoms. The molecule has 0 saturated heterocycles. The second-order valence-electron chi connectivity index (χ2n) is 4.08. The number of nitrogens with one attached hydrogen (secondary N) is 1. The molecule has 0 atom stereocenters. The Morgan fingerprint density at radius 1 is 1.06 bits per heavy atom. The number of ether oxygens (including phenoxy) is 1. The minimum atomic E-state index is 0.852. The molecule has 0 aliphatic rings. The summed E-state index contributed by atoms with van der Waals surface area (Å²) in [6.07, 6.45) is 0. The first-order valence-corrected chi connectivity index (χ1v) is 6.61. The Balaban J connectivity index is 2.28. The molecule has 3 heteroatoms. The summed E-state index contributed by atoms with van der Waals surface area (Å²) in [5, 5.41) is 3.14. The lowest BCUT2D eigenvalue weighted by molar-refractivity contribution is 0.412. The second kappa shape index (κ2) is 6.03. The molecule has 2 rings (SSSR count). The fourth-order valence-electron chi connectivity index (χ4n) is 1.87. The fraction of sp³-hybridized carbons (Fsp3) is 0.200. The molecule has 0 aliphatic heterocycles. The molecular weight excluding hydrogens is 290 g/mol. The molecule has 0 spiro atoms. The number of methoxy groups -OCH3 is 1. The van der Waals surface area contributed by atoms with Crippen LogP contribution in [0, 0.1) is 0 Å². The van der Waals surface area contributed by atoms with Crippen LogP contribution in [-0.2, 0) is 6.54 Å². The zero-order valence-corrected chi connectivity index (χ0v) is 12.1. The van der Waals surface area contributed by atoms with Gasteiger partial charge in [-0.05, 0) is 51.8 Å². The highest BCUT2D eigenvalue weighted by atomic mass is 79.9. The number of benzene rings is 2. The Morgan fingerprint density at radius 3 is 2.28 bits per heavy atom. The van der Waals surface area contributed by atoms with Crippen molar-refractivity contribution in [1.82, 2.24) is 5.32 Å². The molecule has 1 N–H and O–H groups in total. The predicted molar refractivity (Wildman–Crippen MR) is 78.9 cm³/mol. The SMILES string of the molecule is CNCc1ccc(-c2ccc(OC)c(Br)c2)cc1. The van der Waals surface area contributed by atoms with E-state index in [1.54, 1.807) is 7.11 Å². The van der Waals surface area contributed by atoms with Crippen LogP contribution in [0.2, 0.25) is 0 Å². The average Bonchev–Trinajstić information content (AvgIpc) is 2.40. The van der Waals surface area contributed by atoms with Crippen molar-refractivity contribution in [2.45, 2.75) is 6.54 Å². The molecule has 0 radical (unpaired) electrons. The van der Waals surface area contributed by atoms with E-state index in [4.69, 9.17) is 4.74 Å². The predicted octanol–water partition coefficient (Wildman–Crippen LogP) is 3.84. The molecule has 94 valence electrons. The Bertz CT molecular complexity index is 523. The van der Waals surface area contributed by atoms with Crippen molar-refractivity contribution in [2.24, 2.45) is 0 Å². The number of rotatable bonds is 4. The van der Waals surface area contributed by atoms with Gasteiger partial charge in [-0.2, -0.15) is 0 Å². The molecular formula is C15H16BrNO. The van der Waals surface area contributed by atoms with Crippen molar-refractivity contribution in [3.05, 3.63) is 52.5 Å². The highest BCUT2D eigenvalue weighted by Crippen LogP contribution is 2.30. The van der Waals surface area contributed by atoms with Gasteiger partial charge in [0.05, 0.1) is 11.6 Å². The highest BCUT2D eigenvalue weighted by Gasteiger charge is 2.03. The minimum absolute atomic E-state index is 0.852. The molecule has 2 aromatic rings. The highest BCUT2D eigenvalue weighted by molar-refractivity contribution is 9.10. The van der Waals surface area contributed by atoms with Gasteiger partial charge in [0.1, 0.15) is 5.75 Å². The standard InChI is InChI=1S/C15H16BrNO/c1-17-10-11-3-5-12(6-4-11)13-7-8-15(18-2)14(16)9-13/h3-9,17H,10H2,1-2H3. The lowest BCUT2D eigenvalue weighted by Gasteiger charge is -2.07. The van der Waals surface area contributed by atoms with Crippen LogP contribution < -0.4 is 10.1 Å². The zero-order chi connectivity index (χ0) is 13.0. The first kappa shape index (κ1) is 13.1. The summed E-state index contributed by atoms with van der Waals surface area (Å²) in [7, 11) is 3.63. The van der Waals surface area contributed by atoms with Crippen molar-refractivity contribution >= 4 is 15.9 Å². The number of hydrogen-bond donors (Lipinski definition) is 1. The van der Waals surface area contributed by atoms with E-state index in [1.165, 1.54) is 16.7 Å². The number of hydrogen-bond acceptors (Lipinski definition) is 2. The van der Waals surface area contributed by atoms with E-state index in [1.807, 2.05) is 13.1 Å². The molecule has 0 bridgehead atoms. The van der Waals surface area contributed by atoms with Gasteiger partial charge in [0.25, 0.3) is 0 Å². The van der Waals surface area contributed by atoms with Crippen LogP contribution in [0.15, 0.2) is 46.9 Å². The summed E-state index contributed by atoms with van der Waals surface area (Å²) < 4.78 is 6.21. The monoisotopic (exact) mass is 305 g/mol. The Morgan fingerprint density at radius 2 is 1.72 bits per heavy atom. The largest absolute Gasteiger partial charge is 0.496 e. The van der Waals surface area contributed by atoms with Crippen LogP contribution in [-0.4, -0.2) is 14.2 Å². The molecule has 0 unspecified atom stereocenters. The van der Waals surface area contributed by atoms with Gasteiger partial charge < -0.3 is 10.1 Å². The Kier molecular flexibility index (Phi) is 4.39. The maximum absolute atomic E-state index is 5.23. The molecule has 2 aromatic carbocycles. The summed E-state index contributed by atoms with van der Waals surface area (Å²) in [5.41, 5.74) is 3.67. The van der Waals surface area contributed by atoms with E-state index >= 15 is 0 Å². The van der Waals surface area contributed by atoms with Gasteiger partial charge >= 0.3 is 0 Å². The minimum Gasteiger partial charge on any atom is -0.496 e. The second-order valence-corrected chi connectivity index (χ2v) is 4.93. The summed E-state index contributed by atoms with van der Waals surface area (Å²) >= 11 is 3.51. The van der Waals surface area contributed by atoms with Crippen LogP contribution in [0.1, 0.15) is 5.56 Å². The van der Waals surface area contributed by atoms with E-state index in [2.05, 4.69) is 57.6 Å². The van der Waals surface area contributed by atoms with Gasteiger partial charge in [-0.15, -0.1) is 0 Å². The lowest BCUT2D eigenvalue weighted by atomic mass is 10.0. The van der Waals surface area contributed by atoms with Gasteiger partial charge in [-0.25, -0.2) is 0 Å². The van der Waals surface area contributed by atoms with Crippen LogP contribution in [0.5, 0.6) is 5.75 Å². The van der Waals surface area contributed by atoms with Crippen LogP contribution in [0.3, 0.4) is 0 Å². The van der Waals surface area contributed by atoms with Crippen LogP contribution in [0.4, 0.5) is 0 Å². The Labute approximate surface area is 116 Å². The van der Waals surface area contributed by atoms with Gasteiger partial charge in [-0.1, -0.05) is 30.3 Å². The first-order valence-electron chi connectivity index (χ1n) is 5.82. The first-order chi connectivity index (χ1) is 8.74. The van der Waals surface area contributed by atoms with E-state index in [-0.39, 0.29) is 0 Å². The van der Waals surface area contributed by atoms with Crippen LogP contribution >= 0.6 is 15.9 Å². The van der Waals surface area contributed by atoms with E-state index in [0.717, 1.165) is 16.8 Å². The maximum atomic E-state index is 5.23. The van der Waals surface area contributed by atoms with Gasteiger partial charge in [0.15, 0.2) is 0 Å². The number of halogens is 1. The van der Waals surface area contributed by atoms with Crippen molar-refractivity contribution in [3.63, 3.8) is 0 Å². The van der Waals surface area contributed by atoms with Gasteiger partial charge in [0.2, 0.25) is 0 Å². The van der Waals surface area contributed by atoms with Gasteiger partial charge in [-0.3, -0.25) is 0 Å². The molecule has 0 aliphatic carbocycles. The molecule has 0 saturated carbocycles. The average molecular weight is 306 g/mol. The summed E-state index contributed by atoms with van der Waals surface area (Å²) in [6, 6.07) is 14.7. The summed E-state index contributed by atoms with van der Waals surface area (Å²) in [4.78, 5) is 0. The summed E-state index contributed by atoms with van der Waals surface area (Å²) in [6.45, 7) is 0.895.